The zero-order valence-corrected chi connectivity index (χ0v) is 15.0. The summed E-state index contributed by atoms with van der Waals surface area (Å²) in [4.78, 5) is 35.5. The summed E-state index contributed by atoms with van der Waals surface area (Å²) in [5.41, 5.74) is 0.516. The maximum Gasteiger partial charge on any atom is 0.342 e. The van der Waals surface area contributed by atoms with Gasteiger partial charge in [-0.05, 0) is 31.5 Å². The van der Waals surface area contributed by atoms with E-state index in [9.17, 15) is 14.4 Å². The molecule has 1 aromatic carbocycles. The van der Waals surface area contributed by atoms with Gasteiger partial charge in [-0.3, -0.25) is 4.79 Å². The van der Waals surface area contributed by atoms with Crippen molar-refractivity contribution in [2.75, 3.05) is 25.1 Å². The summed E-state index contributed by atoms with van der Waals surface area (Å²) in [6.07, 6.45) is 0.783. The monoisotopic (exact) mass is 373 g/mol. The summed E-state index contributed by atoms with van der Waals surface area (Å²) in [5.74, 6) is 0.0720. The second kappa shape index (κ2) is 7.94. The third kappa shape index (κ3) is 4.46. The molecule has 142 valence electrons. The Morgan fingerprint density at radius 2 is 1.85 bits per heavy atom. The molecule has 0 unspecified atom stereocenters. The van der Waals surface area contributed by atoms with Crippen LogP contribution in [-0.2, 0) is 9.53 Å². The quantitative estimate of drug-likeness (QED) is 0.820. The van der Waals surface area contributed by atoms with E-state index < -0.39 is 24.1 Å². The van der Waals surface area contributed by atoms with Crippen molar-refractivity contribution in [2.24, 2.45) is 0 Å². The van der Waals surface area contributed by atoms with Crippen LogP contribution in [0.5, 0.6) is 11.5 Å². The Labute approximate surface area is 155 Å². The lowest BCUT2D eigenvalue weighted by Crippen LogP contribution is -2.22. The van der Waals surface area contributed by atoms with E-state index in [-0.39, 0.29) is 11.3 Å². The van der Waals surface area contributed by atoms with Crippen LogP contribution in [0.2, 0.25) is 0 Å². The van der Waals surface area contributed by atoms with Crippen LogP contribution in [0.25, 0.3) is 0 Å². The highest BCUT2D eigenvalue weighted by atomic mass is 16.5. The van der Waals surface area contributed by atoms with Gasteiger partial charge in [0, 0.05) is 24.2 Å². The van der Waals surface area contributed by atoms with Crippen LogP contribution in [0, 0.1) is 13.8 Å². The molecule has 3 rings (SSSR count). The molecule has 2 heterocycles. The van der Waals surface area contributed by atoms with Crippen LogP contribution in [-0.4, -0.2) is 31.7 Å². The van der Waals surface area contributed by atoms with Crippen molar-refractivity contribution in [1.82, 2.24) is 0 Å². The summed E-state index contributed by atoms with van der Waals surface area (Å²) in [5, 5.41) is 2.63. The maximum atomic E-state index is 12.2. The number of aryl methyl sites for hydroxylation is 2. The molecule has 0 saturated heterocycles. The fourth-order valence-corrected chi connectivity index (χ4v) is 2.70. The SMILES string of the molecule is Cc1cc(=O)oc(C)c1C(=O)OCC(=O)Nc1ccc2c(c1)OCCCO2. The second-order valence-corrected chi connectivity index (χ2v) is 6.02. The van der Waals surface area contributed by atoms with E-state index in [1.54, 1.807) is 25.1 Å². The molecule has 1 N–H and O–H groups in total. The highest BCUT2D eigenvalue weighted by Crippen LogP contribution is 2.32. The number of carbonyl (C=O) groups is 2. The molecule has 1 aliphatic heterocycles. The van der Waals surface area contributed by atoms with Crippen molar-refractivity contribution in [3.63, 3.8) is 0 Å². The van der Waals surface area contributed by atoms with Crippen LogP contribution in [0.1, 0.15) is 28.1 Å². The van der Waals surface area contributed by atoms with Gasteiger partial charge in [0.1, 0.15) is 11.3 Å². The molecular formula is C19H19NO7. The zero-order chi connectivity index (χ0) is 19.4. The first-order valence-electron chi connectivity index (χ1n) is 8.42. The molecule has 0 atom stereocenters. The summed E-state index contributed by atoms with van der Waals surface area (Å²) >= 11 is 0. The molecule has 1 aliphatic rings. The lowest BCUT2D eigenvalue weighted by molar-refractivity contribution is -0.119. The Morgan fingerprint density at radius 3 is 2.59 bits per heavy atom. The number of nitrogens with one attached hydrogen (secondary N) is 1. The Kier molecular flexibility index (Phi) is 5.44. The van der Waals surface area contributed by atoms with Gasteiger partial charge in [0.05, 0.1) is 13.2 Å². The number of anilines is 1. The van der Waals surface area contributed by atoms with E-state index in [0.29, 0.717) is 36.0 Å². The fraction of sp³-hybridized carbons (Fsp3) is 0.316. The number of rotatable bonds is 4. The van der Waals surface area contributed by atoms with Gasteiger partial charge in [-0.1, -0.05) is 0 Å². The molecule has 0 bridgehead atoms. The van der Waals surface area contributed by atoms with Gasteiger partial charge >= 0.3 is 11.6 Å². The lowest BCUT2D eigenvalue weighted by Gasteiger charge is -2.11. The molecule has 27 heavy (non-hydrogen) atoms. The molecule has 0 fully saturated rings. The highest BCUT2D eigenvalue weighted by Gasteiger charge is 2.18. The van der Waals surface area contributed by atoms with Crippen LogP contribution in [0.3, 0.4) is 0 Å². The minimum Gasteiger partial charge on any atom is -0.490 e. The third-order valence-electron chi connectivity index (χ3n) is 3.90. The van der Waals surface area contributed by atoms with Gasteiger partial charge in [0.15, 0.2) is 18.1 Å². The highest BCUT2D eigenvalue weighted by molar-refractivity contribution is 5.96. The normalized spacial score (nSPS) is 12.8. The van der Waals surface area contributed by atoms with Gasteiger partial charge < -0.3 is 23.9 Å². The van der Waals surface area contributed by atoms with Crippen LogP contribution >= 0.6 is 0 Å². The van der Waals surface area contributed by atoms with E-state index >= 15 is 0 Å². The molecule has 1 amide bonds. The number of hydrogen-bond acceptors (Lipinski definition) is 7. The standard InChI is InChI=1S/C19H19NO7/c1-11-8-17(22)27-12(2)18(11)19(23)26-10-16(21)20-13-4-5-14-15(9-13)25-7-3-6-24-14/h4-5,8-9H,3,6-7,10H2,1-2H3,(H,20,21). The van der Waals surface area contributed by atoms with Gasteiger partial charge in [-0.15, -0.1) is 0 Å². The molecule has 0 spiro atoms. The van der Waals surface area contributed by atoms with Gasteiger partial charge in [-0.2, -0.15) is 0 Å². The Morgan fingerprint density at radius 1 is 1.11 bits per heavy atom. The number of esters is 1. The Hall–Kier alpha value is -3.29. The number of benzene rings is 1. The van der Waals surface area contributed by atoms with Crippen molar-refractivity contribution < 1.29 is 28.2 Å². The molecular weight excluding hydrogens is 354 g/mol. The van der Waals surface area contributed by atoms with Crippen molar-refractivity contribution in [2.45, 2.75) is 20.3 Å². The summed E-state index contributed by atoms with van der Waals surface area (Å²) < 4.78 is 21.0. The summed E-state index contributed by atoms with van der Waals surface area (Å²) in [7, 11) is 0. The zero-order valence-electron chi connectivity index (χ0n) is 15.0. The number of hydrogen-bond donors (Lipinski definition) is 1. The van der Waals surface area contributed by atoms with Gasteiger partial charge in [-0.25, -0.2) is 9.59 Å². The minimum atomic E-state index is -0.734. The first kappa shape index (κ1) is 18.5. The average Bonchev–Trinajstić information content (AvgIpc) is 2.84. The number of carbonyl (C=O) groups excluding carboxylic acids is 2. The van der Waals surface area contributed by atoms with E-state index in [2.05, 4.69) is 5.32 Å². The summed E-state index contributed by atoms with van der Waals surface area (Å²) in [6, 6.07) is 6.23. The molecule has 0 radical (unpaired) electrons. The lowest BCUT2D eigenvalue weighted by atomic mass is 10.1. The van der Waals surface area contributed by atoms with E-state index in [0.717, 1.165) is 6.42 Å². The maximum absolute atomic E-state index is 12.2. The molecule has 2 aromatic rings. The van der Waals surface area contributed by atoms with Gasteiger partial charge in [0.2, 0.25) is 0 Å². The summed E-state index contributed by atoms with van der Waals surface area (Å²) in [6.45, 7) is 3.72. The predicted octanol–water partition coefficient (Wildman–Crippen LogP) is 2.21. The van der Waals surface area contributed by atoms with Crippen LogP contribution < -0.4 is 20.4 Å². The molecule has 0 saturated carbocycles. The smallest absolute Gasteiger partial charge is 0.342 e. The van der Waals surface area contributed by atoms with Crippen molar-refractivity contribution >= 4 is 17.6 Å². The fourth-order valence-electron chi connectivity index (χ4n) is 2.70. The number of fused-ring (bicyclic) bond motifs is 1. The van der Waals surface area contributed by atoms with Crippen LogP contribution in [0.4, 0.5) is 5.69 Å². The average molecular weight is 373 g/mol. The van der Waals surface area contributed by atoms with E-state index in [1.165, 1.54) is 13.0 Å². The Balaban J connectivity index is 1.61. The van der Waals surface area contributed by atoms with Gasteiger partial charge in [0.25, 0.3) is 5.91 Å². The predicted molar refractivity (Wildman–Crippen MR) is 95.4 cm³/mol. The largest absolute Gasteiger partial charge is 0.490 e. The van der Waals surface area contributed by atoms with Crippen LogP contribution in [0.15, 0.2) is 33.5 Å². The first-order chi connectivity index (χ1) is 12.9. The Bertz CT molecular complexity index is 906. The topological polar surface area (TPSA) is 104 Å². The van der Waals surface area contributed by atoms with Crippen molar-refractivity contribution in [3.05, 3.63) is 51.6 Å². The van der Waals surface area contributed by atoms with Crippen molar-refractivity contribution in [1.29, 1.82) is 0 Å². The van der Waals surface area contributed by atoms with E-state index in [1.807, 2.05) is 0 Å². The molecule has 1 aromatic heterocycles. The number of amides is 1. The van der Waals surface area contributed by atoms with Crippen molar-refractivity contribution in [3.8, 4) is 11.5 Å². The minimum absolute atomic E-state index is 0.137. The molecule has 8 heteroatoms. The molecule has 8 nitrogen and oxygen atoms in total. The first-order valence-corrected chi connectivity index (χ1v) is 8.42. The van der Waals surface area contributed by atoms with E-state index in [4.69, 9.17) is 18.6 Å². The third-order valence-corrected chi connectivity index (χ3v) is 3.90. The number of ether oxygens (including phenoxy) is 3. The second-order valence-electron chi connectivity index (χ2n) is 6.02. The molecule has 0 aliphatic carbocycles.